The highest BCUT2D eigenvalue weighted by atomic mass is 16.5. The Balaban J connectivity index is 1.20. The molecule has 9 heteroatoms. The maximum atomic E-state index is 6.82. The van der Waals surface area contributed by atoms with Gasteiger partial charge in [-0.2, -0.15) is 0 Å². The molecule has 0 saturated carbocycles. The number of fused-ring (bicyclic) bond motifs is 5. The summed E-state index contributed by atoms with van der Waals surface area (Å²) in [5.41, 5.74) is 13.0. The summed E-state index contributed by atoms with van der Waals surface area (Å²) in [6.45, 7) is 16.7. The van der Waals surface area contributed by atoms with Gasteiger partial charge in [0.15, 0.2) is 0 Å². The van der Waals surface area contributed by atoms with Crippen molar-refractivity contribution in [3.63, 3.8) is 0 Å². The van der Waals surface area contributed by atoms with Crippen LogP contribution in [0.15, 0.2) is 134 Å². The van der Waals surface area contributed by atoms with Gasteiger partial charge in [-0.25, -0.2) is 9.97 Å². The molecule has 3 aromatic heterocycles. The molecule has 5 aromatic carbocycles. The maximum absolute atomic E-state index is 6.82. The summed E-state index contributed by atoms with van der Waals surface area (Å²) < 4.78 is 16.0. The number of aromatic nitrogens is 3. The van der Waals surface area contributed by atoms with Crippen LogP contribution in [0, 0.1) is 6.92 Å². The molecule has 9 nitrogen and oxygen atoms in total. The van der Waals surface area contributed by atoms with Crippen LogP contribution in [0.1, 0.15) is 58.2 Å². The van der Waals surface area contributed by atoms with Crippen molar-refractivity contribution in [2.24, 2.45) is 0 Å². The Bertz CT molecular complexity index is 2830. The largest absolute Gasteiger partial charge is 0.439 e. The van der Waals surface area contributed by atoms with Gasteiger partial charge in [0.2, 0.25) is 11.8 Å². The lowest BCUT2D eigenvalue weighted by atomic mass is 9.88. The Kier molecular flexibility index (Phi) is 9.21. The molecule has 0 saturated heterocycles. The number of pyridine rings is 2. The Morgan fingerprint density at radius 1 is 0.484 bits per heavy atom. The van der Waals surface area contributed by atoms with Gasteiger partial charge in [-0.3, -0.25) is 0 Å². The highest BCUT2D eigenvalue weighted by Crippen LogP contribution is 2.46. The second-order valence-electron chi connectivity index (χ2n) is 18.8. The molecule has 0 bridgehead atoms. The van der Waals surface area contributed by atoms with Gasteiger partial charge >= 0.3 is 0 Å². The van der Waals surface area contributed by atoms with E-state index in [2.05, 4.69) is 189 Å². The number of para-hydroxylation sites is 4. The van der Waals surface area contributed by atoms with E-state index in [1.165, 1.54) is 22.7 Å². The van der Waals surface area contributed by atoms with Gasteiger partial charge < -0.3 is 33.6 Å². The molecule has 0 N–H and O–H groups in total. The van der Waals surface area contributed by atoms with E-state index in [9.17, 15) is 0 Å². The van der Waals surface area contributed by atoms with Gasteiger partial charge in [0.25, 0.3) is 0 Å². The van der Waals surface area contributed by atoms with E-state index in [0.29, 0.717) is 23.3 Å². The number of hydrogen-bond donors (Lipinski definition) is 0. The molecule has 312 valence electrons. The number of anilines is 6. The van der Waals surface area contributed by atoms with Gasteiger partial charge in [0, 0.05) is 78.5 Å². The third kappa shape index (κ3) is 6.82. The van der Waals surface area contributed by atoms with Crippen molar-refractivity contribution < 1.29 is 9.47 Å². The summed E-state index contributed by atoms with van der Waals surface area (Å²) >= 11 is 0. The number of nitrogens with zero attached hydrogens (tertiary/aromatic N) is 7. The zero-order chi connectivity index (χ0) is 43.1. The Morgan fingerprint density at radius 3 is 1.32 bits per heavy atom. The van der Waals surface area contributed by atoms with Crippen molar-refractivity contribution in [2.45, 2.75) is 59.3 Å². The minimum Gasteiger partial charge on any atom is -0.439 e. The normalized spacial score (nSPS) is 14.0. The molecular weight excluding hydrogens is 767 g/mol. The molecule has 0 atom stereocenters. The number of hydrogen-bond acceptors (Lipinski definition) is 8. The first kappa shape index (κ1) is 39.2. The summed E-state index contributed by atoms with van der Waals surface area (Å²) in [6, 6.07) is 43.4. The van der Waals surface area contributed by atoms with E-state index in [1.807, 2.05) is 31.5 Å². The average Bonchev–Trinajstić information content (AvgIpc) is 3.89. The smallest absolute Gasteiger partial charge is 0.219 e. The SMILES string of the molecule is Cc1c(Oc2cc(C(C)(C)C)ccn2)cc(-n2c3cc(N4CN(C)c5ccccc54)ccc3c3ccc(N4CN(C)c5ccccc54)cc32)cc1Oc1cc(C(C)(C)C)ccn1. The number of benzene rings is 5. The lowest BCUT2D eigenvalue weighted by Gasteiger charge is -2.22. The van der Waals surface area contributed by atoms with Gasteiger partial charge in [-0.15, -0.1) is 0 Å². The molecule has 2 aliphatic rings. The van der Waals surface area contributed by atoms with Crippen molar-refractivity contribution in [1.29, 1.82) is 0 Å². The predicted molar refractivity (Wildman–Crippen MR) is 255 cm³/mol. The zero-order valence-corrected chi connectivity index (χ0v) is 37.1. The molecule has 2 aliphatic heterocycles. The van der Waals surface area contributed by atoms with Crippen LogP contribution < -0.4 is 29.1 Å². The first-order valence-electron chi connectivity index (χ1n) is 21.4. The minimum atomic E-state index is -0.0797. The number of rotatable bonds is 7. The standard InChI is InChI=1S/C53H53N7O2/c1-34-48(61-50-26-35(22-24-54-50)52(2,3)4)30-39(31-49(34)62-51-27-36(23-25-55-51)53(5,6)7)60-46-28-37(58-32-56(8)42-14-10-12-16-44(42)58)18-20-40(46)41-21-19-38(29-47(41)60)59-33-57(9)43-15-11-13-17-45(43)59/h10-31H,32-33H2,1-9H3. The molecule has 5 heterocycles. The summed E-state index contributed by atoms with van der Waals surface area (Å²) in [5, 5.41) is 2.30. The van der Waals surface area contributed by atoms with E-state index in [0.717, 1.165) is 68.9 Å². The third-order valence-electron chi connectivity index (χ3n) is 12.4. The first-order chi connectivity index (χ1) is 29.7. The molecular formula is C53H53N7O2. The molecule has 0 aliphatic carbocycles. The molecule has 0 radical (unpaired) electrons. The molecule has 0 unspecified atom stereocenters. The van der Waals surface area contributed by atoms with Crippen LogP contribution in [0.4, 0.5) is 34.1 Å². The topological polar surface area (TPSA) is 62.1 Å². The molecule has 0 fully saturated rings. The second-order valence-corrected chi connectivity index (χ2v) is 18.8. The zero-order valence-electron chi connectivity index (χ0n) is 37.1. The van der Waals surface area contributed by atoms with E-state index in [1.54, 1.807) is 0 Å². The summed E-state index contributed by atoms with van der Waals surface area (Å²) in [7, 11) is 4.30. The highest BCUT2D eigenvalue weighted by Gasteiger charge is 2.28. The van der Waals surface area contributed by atoms with E-state index in [4.69, 9.17) is 19.4 Å². The third-order valence-corrected chi connectivity index (χ3v) is 12.4. The second kappa shape index (κ2) is 14.6. The van der Waals surface area contributed by atoms with E-state index < -0.39 is 0 Å². The predicted octanol–water partition coefficient (Wildman–Crippen LogP) is 13.2. The summed E-state index contributed by atoms with van der Waals surface area (Å²) in [5.74, 6) is 2.35. The monoisotopic (exact) mass is 819 g/mol. The molecule has 62 heavy (non-hydrogen) atoms. The quantitative estimate of drug-likeness (QED) is 0.158. The fourth-order valence-electron chi connectivity index (χ4n) is 8.89. The van der Waals surface area contributed by atoms with Crippen LogP contribution >= 0.6 is 0 Å². The fraction of sp³-hybridized carbons (Fsp3) is 0.245. The Morgan fingerprint density at radius 2 is 0.903 bits per heavy atom. The lowest BCUT2D eigenvalue weighted by molar-refractivity contribution is 0.432. The Labute approximate surface area is 364 Å². The first-order valence-corrected chi connectivity index (χ1v) is 21.4. The van der Waals surface area contributed by atoms with Crippen LogP contribution in [0.5, 0.6) is 23.3 Å². The molecule has 10 rings (SSSR count). The van der Waals surface area contributed by atoms with E-state index >= 15 is 0 Å². The highest BCUT2D eigenvalue weighted by molar-refractivity contribution is 6.11. The van der Waals surface area contributed by atoms with Gasteiger partial charge in [-0.1, -0.05) is 77.9 Å². The summed E-state index contributed by atoms with van der Waals surface area (Å²) in [4.78, 5) is 18.8. The van der Waals surface area contributed by atoms with Crippen molar-refractivity contribution in [2.75, 3.05) is 47.0 Å². The van der Waals surface area contributed by atoms with Crippen LogP contribution in [-0.4, -0.2) is 42.0 Å². The average molecular weight is 820 g/mol. The minimum absolute atomic E-state index is 0.0797. The van der Waals surface area contributed by atoms with Crippen molar-refractivity contribution in [3.05, 3.63) is 150 Å². The molecule has 0 amide bonds. The maximum Gasteiger partial charge on any atom is 0.219 e. The number of ether oxygens (including phenoxy) is 2. The van der Waals surface area contributed by atoms with Crippen LogP contribution in [-0.2, 0) is 10.8 Å². The van der Waals surface area contributed by atoms with Gasteiger partial charge in [0.05, 0.1) is 52.8 Å². The van der Waals surface area contributed by atoms with Gasteiger partial charge in [0.1, 0.15) is 11.5 Å². The van der Waals surface area contributed by atoms with Crippen LogP contribution in [0.25, 0.3) is 27.5 Å². The Hall–Kier alpha value is -7.00. The van der Waals surface area contributed by atoms with E-state index in [-0.39, 0.29) is 10.8 Å². The molecule has 0 spiro atoms. The fourth-order valence-corrected chi connectivity index (χ4v) is 8.89. The van der Waals surface area contributed by atoms with Crippen molar-refractivity contribution in [1.82, 2.24) is 14.5 Å². The molecule has 8 aromatic rings. The van der Waals surface area contributed by atoms with Crippen molar-refractivity contribution >= 4 is 55.9 Å². The summed E-state index contributed by atoms with van der Waals surface area (Å²) in [6.07, 6.45) is 3.65. The lowest BCUT2D eigenvalue weighted by Crippen LogP contribution is -2.24. The van der Waals surface area contributed by atoms with Gasteiger partial charge in [-0.05, 0) is 89.5 Å². The van der Waals surface area contributed by atoms with Crippen LogP contribution in [0.3, 0.4) is 0 Å². The van der Waals surface area contributed by atoms with Crippen molar-refractivity contribution in [3.8, 4) is 28.9 Å². The van der Waals surface area contributed by atoms with Crippen LogP contribution in [0.2, 0.25) is 0 Å².